The van der Waals surface area contributed by atoms with Gasteiger partial charge in [0, 0.05) is 23.9 Å². The topological polar surface area (TPSA) is 76.0 Å². The van der Waals surface area contributed by atoms with Crippen molar-refractivity contribution in [2.24, 2.45) is 0 Å². The van der Waals surface area contributed by atoms with E-state index in [1.54, 1.807) is 30.3 Å². The second kappa shape index (κ2) is 9.01. The van der Waals surface area contributed by atoms with E-state index in [1.165, 1.54) is 6.08 Å². The van der Waals surface area contributed by atoms with Crippen LogP contribution in [-0.4, -0.2) is 28.1 Å². The third kappa shape index (κ3) is 4.60. The number of nitrogens with one attached hydrogen (secondary N) is 2. The molecule has 29 heavy (non-hydrogen) atoms. The second-order valence-electron chi connectivity index (χ2n) is 6.56. The van der Waals surface area contributed by atoms with E-state index in [0.29, 0.717) is 17.8 Å². The molecule has 0 aliphatic carbocycles. The fraction of sp³-hybridized carbons (Fsp3) is 0.174. The molecule has 0 radical (unpaired) electrons. The molecule has 0 spiro atoms. The summed E-state index contributed by atoms with van der Waals surface area (Å²) >= 11 is 0. The lowest BCUT2D eigenvalue weighted by atomic mass is 10.1. The Hall–Kier alpha value is -3.67. The fourth-order valence-corrected chi connectivity index (χ4v) is 3.10. The standard InChI is InChI=1S/C23H24N4O2/c1-4-24-23(29)20-12-8-9-13-21(20)25-22(28)15-14-19-16(2)26-27(17(19)3)18-10-6-5-7-11-18/h5-15H,4H2,1-3H3,(H,24,29)(H,25,28)/b15-14+. The molecular formula is C23H24N4O2. The van der Waals surface area contributed by atoms with Crippen LogP contribution in [0.25, 0.3) is 11.8 Å². The number of carbonyl (C=O) groups is 2. The number of anilines is 1. The maximum absolute atomic E-state index is 12.5. The summed E-state index contributed by atoms with van der Waals surface area (Å²) in [5, 5.41) is 10.1. The van der Waals surface area contributed by atoms with Gasteiger partial charge in [-0.05, 0) is 51.1 Å². The highest BCUT2D eigenvalue weighted by molar-refractivity contribution is 6.07. The molecule has 3 rings (SSSR count). The Morgan fingerprint density at radius 2 is 1.72 bits per heavy atom. The quantitative estimate of drug-likeness (QED) is 0.629. The molecule has 0 aliphatic rings. The zero-order chi connectivity index (χ0) is 20.8. The summed E-state index contributed by atoms with van der Waals surface area (Å²) in [5.41, 5.74) is 4.54. The average Bonchev–Trinajstić information content (AvgIpc) is 3.01. The van der Waals surface area contributed by atoms with Gasteiger partial charge in [-0.1, -0.05) is 30.3 Å². The first kappa shape index (κ1) is 20.1. The molecule has 0 atom stereocenters. The number of aromatic nitrogens is 2. The Morgan fingerprint density at radius 1 is 1.03 bits per heavy atom. The minimum absolute atomic E-state index is 0.219. The van der Waals surface area contributed by atoms with Crippen LogP contribution in [0.3, 0.4) is 0 Å². The molecule has 0 saturated carbocycles. The maximum atomic E-state index is 12.5. The van der Waals surface area contributed by atoms with E-state index in [0.717, 1.165) is 22.6 Å². The monoisotopic (exact) mass is 388 g/mol. The van der Waals surface area contributed by atoms with Gasteiger partial charge < -0.3 is 10.6 Å². The van der Waals surface area contributed by atoms with Crippen LogP contribution < -0.4 is 10.6 Å². The molecule has 148 valence electrons. The van der Waals surface area contributed by atoms with Crippen LogP contribution in [0.4, 0.5) is 5.69 Å². The SMILES string of the molecule is CCNC(=O)c1ccccc1NC(=O)/C=C/c1c(C)nn(-c2ccccc2)c1C. The van der Waals surface area contributed by atoms with Crippen molar-refractivity contribution in [3.05, 3.63) is 83.2 Å². The van der Waals surface area contributed by atoms with Crippen LogP contribution in [0.15, 0.2) is 60.7 Å². The maximum Gasteiger partial charge on any atom is 0.253 e. The molecule has 2 aromatic carbocycles. The fourth-order valence-electron chi connectivity index (χ4n) is 3.10. The van der Waals surface area contributed by atoms with Crippen molar-refractivity contribution in [3.8, 4) is 5.69 Å². The van der Waals surface area contributed by atoms with Crippen LogP contribution in [0.2, 0.25) is 0 Å². The summed E-state index contributed by atoms with van der Waals surface area (Å²) < 4.78 is 1.86. The Balaban J connectivity index is 1.79. The predicted molar refractivity (Wildman–Crippen MR) is 115 cm³/mol. The summed E-state index contributed by atoms with van der Waals surface area (Å²) in [6, 6.07) is 16.8. The van der Waals surface area contributed by atoms with Crippen molar-refractivity contribution in [1.82, 2.24) is 15.1 Å². The minimum Gasteiger partial charge on any atom is -0.352 e. The number of benzene rings is 2. The summed E-state index contributed by atoms with van der Waals surface area (Å²) in [4.78, 5) is 24.6. The summed E-state index contributed by atoms with van der Waals surface area (Å²) in [6.07, 6.45) is 3.21. The molecule has 1 aromatic heterocycles. The van der Waals surface area contributed by atoms with Crippen molar-refractivity contribution in [2.75, 3.05) is 11.9 Å². The molecule has 0 aliphatic heterocycles. The summed E-state index contributed by atoms with van der Waals surface area (Å²) in [5.74, 6) is -0.531. The summed E-state index contributed by atoms with van der Waals surface area (Å²) in [6.45, 7) is 6.25. The molecule has 6 heteroatoms. The number of aryl methyl sites for hydroxylation is 1. The molecule has 1 heterocycles. The van der Waals surface area contributed by atoms with Gasteiger partial charge in [0.25, 0.3) is 5.91 Å². The van der Waals surface area contributed by atoms with Gasteiger partial charge in [-0.15, -0.1) is 0 Å². The summed E-state index contributed by atoms with van der Waals surface area (Å²) in [7, 11) is 0. The predicted octanol–water partition coefficient (Wildman–Crippen LogP) is 3.89. The van der Waals surface area contributed by atoms with Gasteiger partial charge >= 0.3 is 0 Å². The van der Waals surface area contributed by atoms with E-state index < -0.39 is 0 Å². The number of hydrogen-bond donors (Lipinski definition) is 2. The molecule has 0 saturated heterocycles. The molecule has 2 amide bonds. The van der Waals surface area contributed by atoms with E-state index in [-0.39, 0.29) is 11.8 Å². The van der Waals surface area contributed by atoms with Gasteiger partial charge in [0.1, 0.15) is 0 Å². The highest BCUT2D eigenvalue weighted by Crippen LogP contribution is 2.20. The van der Waals surface area contributed by atoms with E-state index in [4.69, 9.17) is 0 Å². The molecular weight excluding hydrogens is 364 g/mol. The first-order chi connectivity index (χ1) is 14.0. The van der Waals surface area contributed by atoms with Crippen molar-refractivity contribution < 1.29 is 9.59 Å². The second-order valence-corrected chi connectivity index (χ2v) is 6.56. The van der Waals surface area contributed by atoms with Gasteiger partial charge in [-0.2, -0.15) is 5.10 Å². The third-order valence-corrected chi connectivity index (χ3v) is 4.52. The Morgan fingerprint density at radius 3 is 2.45 bits per heavy atom. The number of rotatable bonds is 6. The van der Waals surface area contributed by atoms with E-state index >= 15 is 0 Å². The normalized spacial score (nSPS) is 10.9. The van der Waals surface area contributed by atoms with Crippen molar-refractivity contribution >= 4 is 23.6 Å². The van der Waals surface area contributed by atoms with Gasteiger partial charge in [-0.25, -0.2) is 4.68 Å². The Labute approximate surface area is 170 Å². The first-order valence-electron chi connectivity index (χ1n) is 9.49. The largest absolute Gasteiger partial charge is 0.352 e. The van der Waals surface area contributed by atoms with Crippen LogP contribution in [-0.2, 0) is 4.79 Å². The molecule has 0 bridgehead atoms. The molecule has 0 fully saturated rings. The van der Waals surface area contributed by atoms with Gasteiger partial charge in [0.05, 0.1) is 22.6 Å². The number of carbonyl (C=O) groups excluding carboxylic acids is 2. The van der Waals surface area contributed by atoms with Crippen LogP contribution in [0.1, 0.15) is 34.2 Å². The van der Waals surface area contributed by atoms with Crippen molar-refractivity contribution in [1.29, 1.82) is 0 Å². The molecule has 0 unspecified atom stereocenters. The van der Waals surface area contributed by atoms with Crippen molar-refractivity contribution in [2.45, 2.75) is 20.8 Å². The zero-order valence-electron chi connectivity index (χ0n) is 16.8. The number of nitrogens with zero attached hydrogens (tertiary/aromatic N) is 2. The molecule has 6 nitrogen and oxygen atoms in total. The smallest absolute Gasteiger partial charge is 0.253 e. The van der Waals surface area contributed by atoms with Gasteiger partial charge in [0.2, 0.25) is 5.91 Å². The molecule has 2 N–H and O–H groups in total. The zero-order valence-corrected chi connectivity index (χ0v) is 16.8. The number of para-hydroxylation sites is 2. The van der Waals surface area contributed by atoms with Crippen LogP contribution >= 0.6 is 0 Å². The van der Waals surface area contributed by atoms with E-state index in [2.05, 4.69) is 15.7 Å². The van der Waals surface area contributed by atoms with Gasteiger partial charge in [-0.3, -0.25) is 9.59 Å². The highest BCUT2D eigenvalue weighted by atomic mass is 16.2. The highest BCUT2D eigenvalue weighted by Gasteiger charge is 2.13. The lowest BCUT2D eigenvalue weighted by molar-refractivity contribution is -0.111. The number of amides is 2. The average molecular weight is 388 g/mol. The van der Waals surface area contributed by atoms with E-state index in [1.807, 2.05) is 55.8 Å². The lowest BCUT2D eigenvalue weighted by Crippen LogP contribution is -2.24. The third-order valence-electron chi connectivity index (χ3n) is 4.52. The van der Waals surface area contributed by atoms with Crippen LogP contribution in [0, 0.1) is 13.8 Å². The van der Waals surface area contributed by atoms with Crippen LogP contribution in [0.5, 0.6) is 0 Å². The molecule has 3 aromatic rings. The van der Waals surface area contributed by atoms with E-state index in [9.17, 15) is 9.59 Å². The van der Waals surface area contributed by atoms with Gasteiger partial charge in [0.15, 0.2) is 0 Å². The van der Waals surface area contributed by atoms with Crippen molar-refractivity contribution in [3.63, 3.8) is 0 Å². The lowest BCUT2D eigenvalue weighted by Gasteiger charge is -2.09. The Kier molecular flexibility index (Phi) is 6.24. The Bertz CT molecular complexity index is 1050. The number of hydrogen-bond acceptors (Lipinski definition) is 3. The minimum atomic E-state index is -0.312. The first-order valence-corrected chi connectivity index (χ1v) is 9.49.